The molecule has 2 amide bonds. The van der Waals surface area contributed by atoms with E-state index in [9.17, 15) is 9.59 Å². The number of allylic oxidation sites excluding steroid dienone is 2. The van der Waals surface area contributed by atoms with Crippen LogP contribution in [0.3, 0.4) is 0 Å². The third-order valence-electron chi connectivity index (χ3n) is 6.85. The Labute approximate surface area is 189 Å². The van der Waals surface area contributed by atoms with Crippen LogP contribution in [-0.4, -0.2) is 59.7 Å². The predicted molar refractivity (Wildman–Crippen MR) is 126 cm³/mol. The molecule has 4 aliphatic rings. The molecule has 2 unspecified atom stereocenters. The zero-order valence-electron chi connectivity index (χ0n) is 18.4. The van der Waals surface area contributed by atoms with Gasteiger partial charge in [0.25, 0.3) is 5.91 Å². The van der Waals surface area contributed by atoms with Crippen LogP contribution < -0.4 is 5.73 Å². The Hall–Kier alpha value is -3.15. The van der Waals surface area contributed by atoms with Crippen LogP contribution in [0.2, 0.25) is 0 Å². The molecule has 6 nitrogen and oxygen atoms in total. The van der Waals surface area contributed by atoms with E-state index in [1.165, 1.54) is 0 Å². The van der Waals surface area contributed by atoms with E-state index >= 15 is 0 Å². The van der Waals surface area contributed by atoms with Crippen molar-refractivity contribution in [3.63, 3.8) is 0 Å². The number of carbonyl (C=O) groups is 2. The molecule has 6 heteroatoms. The van der Waals surface area contributed by atoms with Gasteiger partial charge >= 0.3 is 0 Å². The lowest BCUT2D eigenvalue weighted by atomic mass is 9.88. The molecular weight excluding hydrogens is 400 g/mol. The lowest BCUT2D eigenvalue weighted by Crippen LogP contribution is -2.30. The molecule has 0 spiro atoms. The van der Waals surface area contributed by atoms with Gasteiger partial charge in [0, 0.05) is 49.7 Å². The summed E-state index contributed by atoms with van der Waals surface area (Å²) < 4.78 is 0. The molecule has 5 rings (SSSR count). The number of benzene rings is 1. The third-order valence-corrected chi connectivity index (χ3v) is 6.85. The van der Waals surface area contributed by atoms with E-state index in [-0.39, 0.29) is 23.8 Å². The molecule has 0 aromatic heterocycles. The smallest absolute Gasteiger partial charge is 0.253 e. The lowest BCUT2D eigenvalue weighted by Gasteiger charge is -2.21. The molecule has 2 atom stereocenters. The van der Waals surface area contributed by atoms with Crippen molar-refractivity contribution < 1.29 is 9.59 Å². The van der Waals surface area contributed by atoms with E-state index in [1.807, 2.05) is 34.1 Å². The van der Waals surface area contributed by atoms with Crippen molar-refractivity contribution in [1.82, 2.24) is 9.80 Å². The molecular formula is C26H30N4O2. The minimum absolute atomic E-state index is 0.0253. The zero-order chi connectivity index (χ0) is 22.1. The molecule has 3 heterocycles. The highest BCUT2D eigenvalue weighted by Crippen LogP contribution is 2.31. The fourth-order valence-electron chi connectivity index (χ4n) is 5.05. The number of fused-ring (bicyclic) bond motifs is 1. The summed E-state index contributed by atoms with van der Waals surface area (Å²) >= 11 is 0. The predicted octanol–water partition coefficient (Wildman–Crippen LogP) is 3.17. The number of nitrogens with two attached hydrogens (primary N) is 1. The lowest BCUT2D eigenvalue weighted by molar-refractivity contribution is -0.126. The van der Waals surface area contributed by atoms with E-state index in [2.05, 4.69) is 24.3 Å². The first-order valence-electron chi connectivity index (χ1n) is 11.7. The minimum Gasteiger partial charge on any atom is -0.387 e. The highest BCUT2D eigenvalue weighted by molar-refractivity contribution is 6.00. The topological polar surface area (TPSA) is 79.0 Å². The van der Waals surface area contributed by atoms with Gasteiger partial charge < -0.3 is 15.5 Å². The number of amides is 2. The van der Waals surface area contributed by atoms with E-state index < -0.39 is 0 Å². The van der Waals surface area contributed by atoms with E-state index in [0.29, 0.717) is 12.3 Å². The normalized spacial score (nSPS) is 25.1. The number of hydrogen-bond acceptors (Lipinski definition) is 4. The van der Waals surface area contributed by atoms with Crippen molar-refractivity contribution in [3.05, 3.63) is 65.3 Å². The summed E-state index contributed by atoms with van der Waals surface area (Å²) in [6.07, 6.45) is 13.1. The number of hydrogen-bond donors (Lipinski definition) is 1. The van der Waals surface area contributed by atoms with Crippen molar-refractivity contribution in [2.75, 3.05) is 26.2 Å². The second-order valence-electron chi connectivity index (χ2n) is 9.11. The van der Waals surface area contributed by atoms with Gasteiger partial charge in [-0.05, 0) is 49.0 Å². The molecule has 2 fully saturated rings. The van der Waals surface area contributed by atoms with Crippen LogP contribution in [0.5, 0.6) is 0 Å². The van der Waals surface area contributed by atoms with Crippen molar-refractivity contribution >= 4 is 23.2 Å². The first-order chi connectivity index (χ1) is 15.6. The summed E-state index contributed by atoms with van der Waals surface area (Å²) in [6.45, 7) is 3.37. The highest BCUT2D eigenvalue weighted by Gasteiger charge is 2.28. The van der Waals surface area contributed by atoms with Gasteiger partial charge in [0.15, 0.2) is 0 Å². The summed E-state index contributed by atoms with van der Waals surface area (Å²) in [5.74, 6) is 0.748. The number of rotatable bonds is 3. The first-order valence-corrected chi connectivity index (χ1v) is 11.7. The Morgan fingerprint density at radius 1 is 0.875 bits per heavy atom. The summed E-state index contributed by atoms with van der Waals surface area (Å²) in [5, 5.41) is 0. The van der Waals surface area contributed by atoms with Gasteiger partial charge in [-0.15, -0.1) is 0 Å². The molecule has 32 heavy (non-hydrogen) atoms. The Kier molecular flexibility index (Phi) is 5.68. The Morgan fingerprint density at radius 3 is 2.16 bits per heavy atom. The molecule has 166 valence electrons. The summed E-state index contributed by atoms with van der Waals surface area (Å²) in [7, 11) is 0. The maximum atomic E-state index is 12.9. The van der Waals surface area contributed by atoms with Gasteiger partial charge in [0.2, 0.25) is 5.91 Å². The molecule has 1 aromatic carbocycles. The number of likely N-dealkylation sites (tertiary alicyclic amines) is 2. The van der Waals surface area contributed by atoms with Crippen molar-refractivity contribution in [2.24, 2.45) is 16.6 Å². The van der Waals surface area contributed by atoms with Gasteiger partial charge in [-0.2, -0.15) is 0 Å². The summed E-state index contributed by atoms with van der Waals surface area (Å²) in [5.41, 5.74) is 9.81. The van der Waals surface area contributed by atoms with E-state index in [4.69, 9.17) is 10.7 Å². The molecule has 0 radical (unpaired) electrons. The second-order valence-corrected chi connectivity index (χ2v) is 9.11. The van der Waals surface area contributed by atoms with Crippen LogP contribution in [0.25, 0.3) is 5.57 Å². The number of nitrogens with zero attached hydrogens (tertiary/aromatic N) is 3. The molecule has 0 saturated carbocycles. The van der Waals surface area contributed by atoms with Crippen molar-refractivity contribution in [3.8, 4) is 0 Å². The molecule has 1 aliphatic carbocycles. The monoisotopic (exact) mass is 430 g/mol. The molecule has 0 bridgehead atoms. The van der Waals surface area contributed by atoms with Crippen LogP contribution in [0.4, 0.5) is 0 Å². The maximum absolute atomic E-state index is 12.9. The standard InChI is InChI=1S/C26H30N4O2/c27-24-17-22(26(32)30-13-3-4-14-30)15-21-10-9-20(16-23(21)28-24)18-5-7-19(8-6-18)25(31)29-11-1-2-12-29/h5-10,15-16,21,23H,1-4,11-14,17H2,(H2,27,28). The molecule has 3 aliphatic heterocycles. The molecule has 2 saturated heterocycles. The SMILES string of the molecule is NC1=NC2C=C(c3ccc(C(=O)N4CCCC4)cc3)C=CC2C=C(C(=O)N2CCCC2)C1. The van der Waals surface area contributed by atoms with Gasteiger partial charge in [-0.3, -0.25) is 14.6 Å². The quantitative estimate of drug-likeness (QED) is 0.800. The zero-order valence-corrected chi connectivity index (χ0v) is 18.4. The van der Waals surface area contributed by atoms with E-state index in [1.54, 1.807) is 0 Å². The van der Waals surface area contributed by atoms with Crippen LogP contribution >= 0.6 is 0 Å². The van der Waals surface area contributed by atoms with Crippen molar-refractivity contribution in [2.45, 2.75) is 38.1 Å². The van der Waals surface area contributed by atoms with E-state index in [0.717, 1.165) is 74.1 Å². The first kappa shape index (κ1) is 20.7. The highest BCUT2D eigenvalue weighted by atomic mass is 16.2. The molecule has 2 N–H and O–H groups in total. The Bertz CT molecular complexity index is 1020. The average Bonchev–Trinajstić information content (AvgIpc) is 3.51. The Balaban J connectivity index is 1.34. The van der Waals surface area contributed by atoms with Gasteiger partial charge in [0.05, 0.1) is 11.9 Å². The van der Waals surface area contributed by atoms with Crippen molar-refractivity contribution in [1.29, 1.82) is 0 Å². The average molecular weight is 431 g/mol. The largest absolute Gasteiger partial charge is 0.387 e. The summed E-state index contributed by atoms with van der Waals surface area (Å²) in [4.78, 5) is 34.1. The number of aliphatic imine (C=N–C) groups is 1. The number of carbonyl (C=O) groups excluding carboxylic acids is 2. The fourth-order valence-corrected chi connectivity index (χ4v) is 5.05. The van der Waals surface area contributed by atoms with Gasteiger partial charge in [-0.25, -0.2) is 0 Å². The summed E-state index contributed by atoms with van der Waals surface area (Å²) in [6, 6.07) is 7.70. The van der Waals surface area contributed by atoms with Crippen LogP contribution in [0.1, 0.15) is 48.0 Å². The van der Waals surface area contributed by atoms with Crippen LogP contribution in [0, 0.1) is 5.92 Å². The van der Waals surface area contributed by atoms with Gasteiger partial charge in [0.1, 0.15) is 0 Å². The minimum atomic E-state index is -0.121. The van der Waals surface area contributed by atoms with Crippen LogP contribution in [-0.2, 0) is 4.79 Å². The third kappa shape index (κ3) is 4.14. The Morgan fingerprint density at radius 2 is 1.50 bits per heavy atom. The fraction of sp³-hybridized carbons (Fsp3) is 0.423. The second kappa shape index (κ2) is 8.77. The van der Waals surface area contributed by atoms with Crippen LogP contribution in [0.15, 0.2) is 59.1 Å². The number of amidine groups is 1. The maximum Gasteiger partial charge on any atom is 0.253 e. The van der Waals surface area contributed by atoms with Gasteiger partial charge in [-0.1, -0.05) is 36.4 Å². The molecule has 1 aromatic rings.